The zero-order valence-corrected chi connectivity index (χ0v) is 14.1. The van der Waals surface area contributed by atoms with Crippen molar-refractivity contribution in [2.75, 3.05) is 35.7 Å². The van der Waals surface area contributed by atoms with E-state index in [2.05, 4.69) is 15.5 Å². The number of aryl methyl sites for hydroxylation is 1. The lowest BCUT2D eigenvalue weighted by molar-refractivity contribution is 0.121. The van der Waals surface area contributed by atoms with E-state index < -0.39 is 0 Å². The van der Waals surface area contributed by atoms with Crippen molar-refractivity contribution in [2.45, 2.75) is 19.4 Å². The molecule has 0 spiro atoms. The van der Waals surface area contributed by atoms with Crippen LogP contribution in [-0.4, -0.2) is 32.3 Å². The molecule has 1 saturated heterocycles. The van der Waals surface area contributed by atoms with Gasteiger partial charge in [-0.1, -0.05) is 12.1 Å². The molecule has 5 heteroatoms. The van der Waals surface area contributed by atoms with E-state index >= 15 is 0 Å². The van der Waals surface area contributed by atoms with Gasteiger partial charge < -0.3 is 20.3 Å². The van der Waals surface area contributed by atoms with Crippen molar-refractivity contribution >= 4 is 23.1 Å². The van der Waals surface area contributed by atoms with Crippen molar-refractivity contribution in [2.24, 2.45) is 0 Å². The first-order valence-corrected chi connectivity index (χ1v) is 8.16. The number of nitrogens with zero attached hydrogens (tertiary/aromatic N) is 1. The van der Waals surface area contributed by atoms with Crippen molar-refractivity contribution in [3.05, 3.63) is 54.1 Å². The van der Waals surface area contributed by atoms with Gasteiger partial charge in [0.1, 0.15) is 0 Å². The molecule has 5 nitrogen and oxygen atoms in total. The van der Waals surface area contributed by atoms with E-state index in [1.165, 1.54) is 0 Å². The molecule has 0 bridgehead atoms. The van der Waals surface area contributed by atoms with Gasteiger partial charge in [-0.3, -0.25) is 0 Å². The summed E-state index contributed by atoms with van der Waals surface area (Å²) in [5, 5.41) is 5.69. The second-order valence-corrected chi connectivity index (χ2v) is 6.09. The zero-order chi connectivity index (χ0) is 16.9. The second kappa shape index (κ2) is 7.36. The quantitative estimate of drug-likeness (QED) is 0.897. The van der Waals surface area contributed by atoms with Gasteiger partial charge in [0.05, 0.1) is 6.10 Å². The van der Waals surface area contributed by atoms with Gasteiger partial charge in [0.25, 0.3) is 0 Å². The highest BCUT2D eigenvalue weighted by Gasteiger charge is 2.22. The molecule has 3 rings (SSSR count). The Morgan fingerprint density at radius 1 is 1.12 bits per heavy atom. The molecule has 0 saturated carbocycles. The molecule has 0 radical (unpaired) electrons. The lowest BCUT2D eigenvalue weighted by Gasteiger charge is -2.18. The highest BCUT2D eigenvalue weighted by atomic mass is 16.5. The molecule has 24 heavy (non-hydrogen) atoms. The van der Waals surface area contributed by atoms with Crippen LogP contribution in [0.15, 0.2) is 48.5 Å². The maximum atomic E-state index is 12.1. The maximum absolute atomic E-state index is 12.1. The number of rotatable bonds is 4. The third-order valence-electron chi connectivity index (χ3n) is 4.24. The molecule has 2 aromatic carbocycles. The fraction of sp³-hybridized carbons (Fsp3) is 0.316. The highest BCUT2D eigenvalue weighted by Crippen LogP contribution is 2.23. The van der Waals surface area contributed by atoms with Crippen molar-refractivity contribution < 1.29 is 9.53 Å². The Hall–Kier alpha value is -2.53. The SMILES string of the molecule is CO[C@H]1CCN(c2ccc(NC(=O)Nc3cccc(C)c3)cc2)C1. The lowest BCUT2D eigenvalue weighted by atomic mass is 10.2. The van der Waals surface area contributed by atoms with Gasteiger partial charge in [-0.15, -0.1) is 0 Å². The van der Waals surface area contributed by atoms with E-state index in [9.17, 15) is 4.79 Å². The minimum atomic E-state index is -0.242. The lowest BCUT2D eigenvalue weighted by Crippen LogP contribution is -2.22. The summed E-state index contributed by atoms with van der Waals surface area (Å²) in [7, 11) is 1.76. The molecule has 0 aliphatic carbocycles. The molecule has 1 fully saturated rings. The third-order valence-corrected chi connectivity index (χ3v) is 4.24. The molecule has 1 atom stereocenters. The predicted molar refractivity (Wildman–Crippen MR) is 97.9 cm³/mol. The van der Waals surface area contributed by atoms with E-state index in [0.29, 0.717) is 6.10 Å². The monoisotopic (exact) mass is 325 g/mol. The number of methoxy groups -OCH3 is 1. The Morgan fingerprint density at radius 2 is 1.88 bits per heavy atom. The molecular weight excluding hydrogens is 302 g/mol. The molecule has 0 unspecified atom stereocenters. The predicted octanol–water partition coefficient (Wildman–Crippen LogP) is 3.86. The van der Waals surface area contributed by atoms with Gasteiger partial charge in [0.2, 0.25) is 0 Å². The molecule has 0 aromatic heterocycles. The first-order chi connectivity index (χ1) is 11.6. The van der Waals surface area contributed by atoms with Crippen molar-refractivity contribution in [1.29, 1.82) is 0 Å². The smallest absolute Gasteiger partial charge is 0.323 e. The van der Waals surface area contributed by atoms with Crippen LogP contribution in [0.3, 0.4) is 0 Å². The average molecular weight is 325 g/mol. The molecule has 126 valence electrons. The Labute approximate surface area is 142 Å². The van der Waals surface area contributed by atoms with Crippen molar-refractivity contribution in [3.63, 3.8) is 0 Å². The first-order valence-electron chi connectivity index (χ1n) is 8.16. The van der Waals surface area contributed by atoms with Gasteiger partial charge >= 0.3 is 6.03 Å². The molecule has 1 aliphatic heterocycles. The number of hydrogen-bond acceptors (Lipinski definition) is 3. The summed E-state index contributed by atoms with van der Waals surface area (Å²) in [6.45, 7) is 3.91. The van der Waals surface area contributed by atoms with E-state index in [1.807, 2.05) is 55.5 Å². The fourth-order valence-electron chi connectivity index (χ4n) is 2.93. The standard InChI is InChI=1S/C19H23N3O2/c1-14-4-3-5-16(12-14)21-19(23)20-15-6-8-17(9-7-15)22-11-10-18(13-22)24-2/h3-9,12,18H,10-11,13H2,1-2H3,(H2,20,21,23)/t18-/m0/s1. The first kappa shape index (κ1) is 16.3. The van der Waals surface area contributed by atoms with E-state index in [4.69, 9.17) is 4.74 Å². The van der Waals surface area contributed by atoms with Crippen LogP contribution < -0.4 is 15.5 Å². The molecular formula is C19H23N3O2. The van der Waals surface area contributed by atoms with Crippen LogP contribution >= 0.6 is 0 Å². The Balaban J connectivity index is 1.57. The molecule has 2 amide bonds. The number of carbonyl (C=O) groups excluding carboxylic acids is 1. The topological polar surface area (TPSA) is 53.6 Å². The number of carbonyl (C=O) groups is 1. The van der Waals surface area contributed by atoms with Crippen molar-refractivity contribution in [3.8, 4) is 0 Å². The van der Waals surface area contributed by atoms with E-state index in [-0.39, 0.29) is 6.03 Å². The summed E-state index contributed by atoms with van der Waals surface area (Å²) in [5.41, 5.74) is 3.81. The highest BCUT2D eigenvalue weighted by molar-refractivity contribution is 5.99. The number of urea groups is 1. The van der Waals surface area contributed by atoms with Crippen LogP contribution in [0.2, 0.25) is 0 Å². The number of amides is 2. The minimum Gasteiger partial charge on any atom is -0.380 e. The normalized spacial score (nSPS) is 16.9. The van der Waals surface area contributed by atoms with Crippen LogP contribution in [0.4, 0.5) is 21.9 Å². The van der Waals surface area contributed by atoms with Crippen LogP contribution in [0.1, 0.15) is 12.0 Å². The largest absolute Gasteiger partial charge is 0.380 e. The summed E-state index contributed by atoms with van der Waals surface area (Å²) in [4.78, 5) is 14.4. The van der Waals surface area contributed by atoms with Gasteiger partial charge in [0.15, 0.2) is 0 Å². The summed E-state index contributed by atoms with van der Waals surface area (Å²) >= 11 is 0. The van der Waals surface area contributed by atoms with Crippen molar-refractivity contribution in [1.82, 2.24) is 0 Å². The Morgan fingerprint density at radius 3 is 2.54 bits per heavy atom. The average Bonchev–Trinajstić information content (AvgIpc) is 3.04. The number of ether oxygens (including phenoxy) is 1. The summed E-state index contributed by atoms with van der Waals surface area (Å²) in [6, 6.07) is 15.4. The molecule has 2 aromatic rings. The van der Waals surface area contributed by atoms with Gasteiger partial charge in [-0.2, -0.15) is 0 Å². The zero-order valence-electron chi connectivity index (χ0n) is 14.1. The molecule has 1 heterocycles. The minimum absolute atomic E-state index is 0.242. The molecule has 2 N–H and O–H groups in total. The number of hydrogen-bond donors (Lipinski definition) is 2. The summed E-state index contributed by atoms with van der Waals surface area (Å²) < 4.78 is 5.40. The van der Waals surface area contributed by atoms with Gasteiger partial charge in [-0.05, 0) is 55.3 Å². The van der Waals surface area contributed by atoms with Crippen LogP contribution in [0, 0.1) is 6.92 Å². The van der Waals surface area contributed by atoms with E-state index in [1.54, 1.807) is 7.11 Å². The fourth-order valence-corrected chi connectivity index (χ4v) is 2.93. The van der Waals surface area contributed by atoms with Gasteiger partial charge in [-0.25, -0.2) is 4.79 Å². The number of benzene rings is 2. The maximum Gasteiger partial charge on any atom is 0.323 e. The van der Waals surface area contributed by atoms with Crippen LogP contribution in [0.5, 0.6) is 0 Å². The van der Waals surface area contributed by atoms with E-state index in [0.717, 1.165) is 42.1 Å². The Kier molecular flexibility index (Phi) is 5.01. The summed E-state index contributed by atoms with van der Waals surface area (Å²) in [6.07, 6.45) is 1.36. The van der Waals surface area contributed by atoms with Crippen LogP contribution in [0.25, 0.3) is 0 Å². The summed E-state index contributed by atoms with van der Waals surface area (Å²) in [5.74, 6) is 0. The third kappa shape index (κ3) is 4.06. The number of anilines is 3. The molecule has 1 aliphatic rings. The second-order valence-electron chi connectivity index (χ2n) is 6.09. The number of nitrogens with one attached hydrogen (secondary N) is 2. The van der Waals surface area contributed by atoms with Gasteiger partial charge in [0, 0.05) is 37.3 Å². The Bertz CT molecular complexity index is 700. The van der Waals surface area contributed by atoms with Crippen LogP contribution in [-0.2, 0) is 4.74 Å².